The summed E-state index contributed by atoms with van der Waals surface area (Å²) in [5.74, 6) is 0.786. The molecule has 0 saturated heterocycles. The minimum absolute atomic E-state index is 0.169. The zero-order chi connectivity index (χ0) is 22.8. The zero-order valence-electron chi connectivity index (χ0n) is 16.9. The third-order valence-corrected chi connectivity index (χ3v) is 6.88. The van der Waals surface area contributed by atoms with Crippen molar-refractivity contribution in [3.05, 3.63) is 109 Å². The standard InChI is InChI=1S/C18H15O2P.C6H7O4P/c19-14-11-12-17(20)18(13-14)21(15-7-3-1-4-8-15)16-9-5-2-6-10-16;7-11(8)10-9-6-4-2-1-3-5-6/h1-13,19-20H;1-5,11H,(H,7,8). The van der Waals surface area contributed by atoms with E-state index in [0.717, 1.165) is 15.9 Å². The van der Waals surface area contributed by atoms with E-state index in [4.69, 9.17) is 4.89 Å². The molecule has 4 aromatic carbocycles. The Hall–Kier alpha value is -3.14. The lowest BCUT2D eigenvalue weighted by Gasteiger charge is -2.20. The molecular formula is C24H22O6P2. The van der Waals surface area contributed by atoms with Gasteiger partial charge in [-0.25, -0.2) is 0 Å². The van der Waals surface area contributed by atoms with Gasteiger partial charge >= 0.3 is 8.25 Å². The third-order valence-electron chi connectivity index (χ3n) is 4.18. The Bertz CT molecular complexity index is 1090. The summed E-state index contributed by atoms with van der Waals surface area (Å²) in [6, 6.07) is 33.4. The summed E-state index contributed by atoms with van der Waals surface area (Å²) in [5, 5.41) is 23.1. The lowest BCUT2D eigenvalue weighted by molar-refractivity contribution is -0.101. The summed E-state index contributed by atoms with van der Waals surface area (Å²) >= 11 is 0. The van der Waals surface area contributed by atoms with Gasteiger partial charge in [-0.05, 0) is 48.9 Å². The molecule has 3 N–H and O–H groups in total. The number of hydrogen-bond acceptors (Lipinski definition) is 5. The maximum Gasteiger partial charge on any atom is 0.355 e. The molecule has 0 aliphatic carbocycles. The molecule has 0 amide bonds. The topological polar surface area (TPSA) is 96.2 Å². The van der Waals surface area contributed by atoms with Crippen molar-refractivity contribution in [1.29, 1.82) is 0 Å². The first-order valence-electron chi connectivity index (χ1n) is 9.59. The second kappa shape index (κ2) is 12.0. The molecule has 0 fully saturated rings. The highest BCUT2D eigenvalue weighted by Gasteiger charge is 2.19. The SMILES string of the molecule is O=[PH](O)OOc1ccccc1.Oc1ccc(O)c(P(c2ccccc2)c2ccccc2)c1. The minimum Gasteiger partial charge on any atom is -0.508 e. The van der Waals surface area contributed by atoms with Crippen molar-refractivity contribution in [1.82, 2.24) is 0 Å². The molecule has 4 aromatic rings. The molecule has 0 aliphatic rings. The molecule has 1 atom stereocenters. The lowest BCUT2D eigenvalue weighted by Crippen LogP contribution is -2.20. The van der Waals surface area contributed by atoms with Crippen LogP contribution in [0.5, 0.6) is 17.2 Å². The van der Waals surface area contributed by atoms with Crippen LogP contribution >= 0.6 is 16.2 Å². The van der Waals surface area contributed by atoms with Gasteiger partial charge in [0, 0.05) is 5.30 Å². The number of phenolic OH excluding ortho intramolecular Hbond substituents is 2. The van der Waals surface area contributed by atoms with Gasteiger partial charge in [-0.1, -0.05) is 78.9 Å². The largest absolute Gasteiger partial charge is 0.508 e. The molecule has 0 heterocycles. The summed E-state index contributed by atoms with van der Waals surface area (Å²) < 4.78 is 14.0. The maximum atomic E-state index is 10.2. The molecule has 8 heteroatoms. The smallest absolute Gasteiger partial charge is 0.355 e. The van der Waals surface area contributed by atoms with Gasteiger partial charge < -0.3 is 20.0 Å². The van der Waals surface area contributed by atoms with Crippen molar-refractivity contribution in [3.63, 3.8) is 0 Å². The number of benzene rings is 4. The number of rotatable bonds is 6. The summed E-state index contributed by atoms with van der Waals surface area (Å²) in [7, 11) is -3.90. The van der Waals surface area contributed by atoms with E-state index >= 15 is 0 Å². The highest BCUT2D eigenvalue weighted by Crippen LogP contribution is 2.37. The molecular weight excluding hydrogens is 446 g/mol. The van der Waals surface area contributed by atoms with E-state index in [1.165, 1.54) is 6.07 Å². The fourth-order valence-corrected chi connectivity index (χ4v) is 5.36. The average molecular weight is 468 g/mol. The van der Waals surface area contributed by atoms with Crippen molar-refractivity contribution in [2.45, 2.75) is 0 Å². The van der Waals surface area contributed by atoms with E-state index < -0.39 is 16.2 Å². The fourth-order valence-electron chi connectivity index (χ4n) is 2.83. The van der Waals surface area contributed by atoms with E-state index in [-0.39, 0.29) is 11.5 Å². The summed E-state index contributed by atoms with van der Waals surface area (Å²) in [4.78, 5) is 12.7. The first kappa shape index (κ1) is 23.5. The monoisotopic (exact) mass is 468 g/mol. The number of para-hydroxylation sites is 1. The second-order valence-corrected chi connectivity index (χ2v) is 9.31. The molecule has 0 aliphatic heterocycles. The van der Waals surface area contributed by atoms with Crippen LogP contribution in [0.15, 0.2) is 109 Å². The Labute approximate surface area is 188 Å². The maximum absolute atomic E-state index is 10.2. The van der Waals surface area contributed by atoms with Crippen molar-refractivity contribution >= 4 is 32.1 Å². The fraction of sp³-hybridized carbons (Fsp3) is 0. The third kappa shape index (κ3) is 6.94. The van der Waals surface area contributed by atoms with Crippen LogP contribution in [0.2, 0.25) is 0 Å². The van der Waals surface area contributed by atoms with Crippen LogP contribution in [0, 0.1) is 0 Å². The van der Waals surface area contributed by atoms with Crippen molar-refractivity contribution in [2.24, 2.45) is 0 Å². The van der Waals surface area contributed by atoms with Gasteiger partial charge in [0.1, 0.15) is 11.5 Å². The van der Waals surface area contributed by atoms with E-state index in [1.54, 1.807) is 42.5 Å². The van der Waals surface area contributed by atoms with Gasteiger partial charge in [-0.15, -0.1) is 4.67 Å². The van der Waals surface area contributed by atoms with Crippen LogP contribution in [0.25, 0.3) is 0 Å². The first-order chi connectivity index (χ1) is 15.5. The van der Waals surface area contributed by atoms with Crippen molar-refractivity contribution < 1.29 is 29.2 Å². The van der Waals surface area contributed by atoms with Gasteiger partial charge in [0.15, 0.2) is 5.75 Å². The Morgan fingerprint density at radius 3 is 1.69 bits per heavy atom. The molecule has 0 saturated carbocycles. The number of hydrogen-bond donors (Lipinski definition) is 3. The second-order valence-electron chi connectivity index (χ2n) is 6.43. The molecule has 6 nitrogen and oxygen atoms in total. The highest BCUT2D eigenvalue weighted by molar-refractivity contribution is 7.80. The average Bonchev–Trinajstić information content (AvgIpc) is 2.83. The van der Waals surface area contributed by atoms with Gasteiger partial charge in [0.25, 0.3) is 0 Å². The van der Waals surface area contributed by atoms with E-state index in [2.05, 4.69) is 33.8 Å². The van der Waals surface area contributed by atoms with E-state index in [9.17, 15) is 14.8 Å². The minimum atomic E-state index is -3.00. The summed E-state index contributed by atoms with van der Waals surface area (Å²) in [5.41, 5.74) is 0. The van der Waals surface area contributed by atoms with Crippen LogP contribution in [-0.2, 0) is 9.24 Å². The molecule has 32 heavy (non-hydrogen) atoms. The van der Waals surface area contributed by atoms with Crippen LogP contribution in [0.4, 0.5) is 0 Å². The van der Waals surface area contributed by atoms with Gasteiger partial charge in [-0.3, -0.25) is 4.57 Å². The number of aromatic hydroxyl groups is 2. The predicted molar refractivity (Wildman–Crippen MR) is 128 cm³/mol. The Morgan fingerprint density at radius 1 is 0.688 bits per heavy atom. The normalized spacial score (nSPS) is 11.3. The van der Waals surface area contributed by atoms with Crippen molar-refractivity contribution in [2.75, 3.05) is 0 Å². The van der Waals surface area contributed by atoms with Gasteiger partial charge in [0.2, 0.25) is 0 Å². The quantitative estimate of drug-likeness (QED) is 0.170. The molecule has 1 unspecified atom stereocenters. The molecule has 0 aromatic heterocycles. The van der Waals surface area contributed by atoms with Gasteiger partial charge in [0.05, 0.1) is 0 Å². The summed E-state index contributed by atoms with van der Waals surface area (Å²) in [6.07, 6.45) is 0. The predicted octanol–water partition coefficient (Wildman–Crippen LogP) is 4.24. The zero-order valence-corrected chi connectivity index (χ0v) is 18.8. The Balaban J connectivity index is 0.000000222. The van der Waals surface area contributed by atoms with Crippen LogP contribution in [0.1, 0.15) is 0 Å². The van der Waals surface area contributed by atoms with Crippen LogP contribution in [-0.4, -0.2) is 15.1 Å². The molecule has 0 spiro atoms. The lowest BCUT2D eigenvalue weighted by atomic mass is 10.3. The molecule has 0 radical (unpaired) electrons. The Morgan fingerprint density at radius 2 is 1.19 bits per heavy atom. The van der Waals surface area contributed by atoms with E-state index in [0.29, 0.717) is 5.75 Å². The molecule has 4 rings (SSSR count). The molecule has 164 valence electrons. The van der Waals surface area contributed by atoms with Crippen LogP contribution in [0.3, 0.4) is 0 Å². The van der Waals surface area contributed by atoms with Crippen LogP contribution < -0.4 is 20.8 Å². The molecule has 0 bridgehead atoms. The Kier molecular flexibility index (Phi) is 8.85. The van der Waals surface area contributed by atoms with Gasteiger partial charge in [-0.2, -0.15) is 0 Å². The van der Waals surface area contributed by atoms with Crippen molar-refractivity contribution in [3.8, 4) is 17.2 Å². The number of phenols is 2. The highest BCUT2D eigenvalue weighted by atomic mass is 31.1. The first-order valence-corrected chi connectivity index (χ1v) is 12.2. The summed E-state index contributed by atoms with van der Waals surface area (Å²) in [6.45, 7) is 0. The van der Waals surface area contributed by atoms with E-state index in [1.807, 2.05) is 36.4 Å².